The number of benzene rings is 3. The van der Waals surface area contributed by atoms with Crippen LogP contribution in [0.25, 0.3) is 0 Å². The van der Waals surface area contributed by atoms with E-state index in [1.54, 1.807) is 91.3 Å². The van der Waals surface area contributed by atoms with Gasteiger partial charge in [0.15, 0.2) is 0 Å². The normalized spacial score (nSPS) is 10.4. The maximum absolute atomic E-state index is 12.7. The number of nitrogens with zero attached hydrogens (tertiary/aromatic N) is 1. The van der Waals surface area contributed by atoms with Gasteiger partial charge < -0.3 is 15.4 Å². The lowest BCUT2D eigenvalue weighted by molar-refractivity contribution is 0.101. The summed E-state index contributed by atoms with van der Waals surface area (Å²) >= 11 is 6.72. The number of ether oxygens (including phenoxy) is 1. The van der Waals surface area contributed by atoms with E-state index >= 15 is 0 Å². The maximum atomic E-state index is 12.7. The van der Waals surface area contributed by atoms with Crippen LogP contribution in [0, 0.1) is 0 Å². The van der Waals surface area contributed by atoms with Crippen LogP contribution in [-0.4, -0.2) is 16.8 Å². The molecule has 0 radical (unpaired) electrons. The van der Waals surface area contributed by atoms with E-state index in [-0.39, 0.29) is 11.8 Å². The van der Waals surface area contributed by atoms with Crippen molar-refractivity contribution in [1.82, 2.24) is 4.98 Å². The minimum atomic E-state index is -0.286. The van der Waals surface area contributed by atoms with Gasteiger partial charge in [-0.2, -0.15) is 0 Å². The minimum absolute atomic E-state index is 0.286. The van der Waals surface area contributed by atoms with E-state index in [9.17, 15) is 9.59 Å². The Morgan fingerprint density at radius 1 is 0.697 bits per heavy atom. The van der Waals surface area contributed by atoms with Gasteiger partial charge in [-0.1, -0.05) is 31.9 Å². The molecule has 4 rings (SSSR count). The van der Waals surface area contributed by atoms with Crippen LogP contribution in [0.5, 0.6) is 11.5 Å². The zero-order chi connectivity index (χ0) is 23.2. The molecule has 33 heavy (non-hydrogen) atoms. The highest BCUT2D eigenvalue weighted by molar-refractivity contribution is 9.10. The van der Waals surface area contributed by atoms with Gasteiger partial charge in [0.2, 0.25) is 0 Å². The van der Waals surface area contributed by atoms with Gasteiger partial charge >= 0.3 is 0 Å². The SMILES string of the molecule is O=C(Nc1cc(NC(=O)c2ccc(Br)cc2)cc(Oc2cccnc2)c1)c1ccc(Br)cc1. The first-order chi connectivity index (χ1) is 16.0. The van der Waals surface area contributed by atoms with Gasteiger partial charge in [0.25, 0.3) is 11.8 Å². The molecule has 0 aliphatic rings. The Hall–Kier alpha value is -3.49. The lowest BCUT2D eigenvalue weighted by Crippen LogP contribution is -2.14. The number of rotatable bonds is 6. The van der Waals surface area contributed by atoms with E-state index in [0.29, 0.717) is 34.0 Å². The van der Waals surface area contributed by atoms with Crippen molar-refractivity contribution >= 4 is 55.0 Å². The second kappa shape index (κ2) is 10.4. The Kier molecular flexibility index (Phi) is 7.16. The topological polar surface area (TPSA) is 80.3 Å². The number of carbonyl (C=O) groups is 2. The monoisotopic (exact) mass is 565 g/mol. The molecule has 3 aromatic carbocycles. The Morgan fingerprint density at radius 3 is 1.67 bits per heavy atom. The van der Waals surface area contributed by atoms with Gasteiger partial charge in [0, 0.05) is 49.8 Å². The van der Waals surface area contributed by atoms with E-state index in [2.05, 4.69) is 47.5 Å². The maximum Gasteiger partial charge on any atom is 0.255 e. The van der Waals surface area contributed by atoms with Crippen molar-refractivity contribution < 1.29 is 14.3 Å². The van der Waals surface area contributed by atoms with Crippen LogP contribution in [0.1, 0.15) is 20.7 Å². The summed E-state index contributed by atoms with van der Waals surface area (Å²) in [5, 5.41) is 5.71. The van der Waals surface area contributed by atoms with Gasteiger partial charge in [-0.25, -0.2) is 0 Å². The molecule has 2 N–H and O–H groups in total. The summed E-state index contributed by atoms with van der Waals surface area (Å²) in [4.78, 5) is 29.5. The van der Waals surface area contributed by atoms with E-state index in [0.717, 1.165) is 8.95 Å². The Balaban J connectivity index is 1.61. The zero-order valence-corrected chi connectivity index (χ0v) is 20.3. The van der Waals surface area contributed by atoms with E-state index in [1.807, 2.05) is 0 Å². The molecule has 0 aliphatic heterocycles. The molecule has 1 heterocycles. The first-order valence-corrected chi connectivity index (χ1v) is 11.4. The zero-order valence-electron chi connectivity index (χ0n) is 17.1. The number of aromatic nitrogens is 1. The molecule has 4 aromatic rings. The largest absolute Gasteiger partial charge is 0.456 e. The fourth-order valence-corrected chi connectivity index (χ4v) is 3.48. The van der Waals surface area contributed by atoms with Crippen molar-refractivity contribution in [3.05, 3.63) is 111 Å². The number of halogens is 2. The summed E-state index contributed by atoms with van der Waals surface area (Å²) in [6.07, 6.45) is 3.22. The number of nitrogens with one attached hydrogen (secondary N) is 2. The molecule has 2 amide bonds. The van der Waals surface area contributed by atoms with Crippen molar-refractivity contribution in [3.8, 4) is 11.5 Å². The lowest BCUT2D eigenvalue weighted by Gasteiger charge is -2.13. The molecule has 0 saturated heterocycles. The number of carbonyl (C=O) groups excluding carboxylic acids is 2. The highest BCUT2D eigenvalue weighted by Gasteiger charge is 2.12. The molecule has 0 atom stereocenters. The smallest absolute Gasteiger partial charge is 0.255 e. The predicted molar refractivity (Wildman–Crippen MR) is 135 cm³/mol. The summed E-state index contributed by atoms with van der Waals surface area (Å²) in [5.74, 6) is 0.388. The van der Waals surface area contributed by atoms with Crippen molar-refractivity contribution in [2.24, 2.45) is 0 Å². The highest BCUT2D eigenvalue weighted by atomic mass is 79.9. The lowest BCUT2D eigenvalue weighted by atomic mass is 10.2. The average Bonchev–Trinajstić information content (AvgIpc) is 2.80. The van der Waals surface area contributed by atoms with Gasteiger partial charge in [0.05, 0.1) is 6.20 Å². The molecule has 0 saturated carbocycles. The van der Waals surface area contributed by atoms with Crippen LogP contribution >= 0.6 is 31.9 Å². The number of anilines is 2. The summed E-state index contributed by atoms with van der Waals surface area (Å²) in [6, 6.07) is 22.6. The summed E-state index contributed by atoms with van der Waals surface area (Å²) in [7, 11) is 0. The van der Waals surface area contributed by atoms with Crippen LogP contribution in [0.3, 0.4) is 0 Å². The molecule has 1 aromatic heterocycles. The molecule has 0 bridgehead atoms. The molecule has 0 unspecified atom stereocenters. The second-order valence-electron chi connectivity index (χ2n) is 6.96. The van der Waals surface area contributed by atoms with Crippen LogP contribution in [0.15, 0.2) is 100 Å². The van der Waals surface area contributed by atoms with Crippen molar-refractivity contribution in [2.45, 2.75) is 0 Å². The van der Waals surface area contributed by atoms with Crippen LogP contribution in [-0.2, 0) is 0 Å². The van der Waals surface area contributed by atoms with Crippen LogP contribution < -0.4 is 15.4 Å². The second-order valence-corrected chi connectivity index (χ2v) is 8.79. The van der Waals surface area contributed by atoms with Crippen molar-refractivity contribution in [1.29, 1.82) is 0 Å². The number of amides is 2. The van der Waals surface area contributed by atoms with E-state index < -0.39 is 0 Å². The molecule has 8 heteroatoms. The first-order valence-electron chi connectivity index (χ1n) is 9.83. The Bertz CT molecular complexity index is 1200. The number of pyridine rings is 1. The van der Waals surface area contributed by atoms with Crippen LogP contribution in [0.4, 0.5) is 11.4 Å². The highest BCUT2D eigenvalue weighted by Crippen LogP contribution is 2.29. The minimum Gasteiger partial charge on any atom is -0.456 e. The molecular weight excluding hydrogens is 550 g/mol. The summed E-state index contributed by atoms with van der Waals surface area (Å²) in [6.45, 7) is 0. The fraction of sp³-hybridized carbons (Fsp3) is 0. The summed E-state index contributed by atoms with van der Waals surface area (Å²) in [5.41, 5.74) is 1.93. The average molecular weight is 567 g/mol. The first kappa shape index (κ1) is 22.7. The standard InChI is InChI=1S/C25H17Br2N3O3/c26-18-7-3-16(4-8-18)24(31)29-20-12-21(30-25(32)17-5-9-19(27)10-6-17)14-23(13-20)33-22-2-1-11-28-15-22/h1-15H,(H,29,31)(H,30,32). The third-order valence-corrected chi connectivity index (χ3v) is 5.56. The van der Waals surface area contributed by atoms with Gasteiger partial charge in [-0.05, 0) is 66.7 Å². The Labute approximate surface area is 207 Å². The molecule has 164 valence electrons. The van der Waals surface area contributed by atoms with Crippen molar-refractivity contribution in [2.75, 3.05) is 10.6 Å². The quantitative estimate of drug-likeness (QED) is 0.266. The third-order valence-electron chi connectivity index (χ3n) is 4.51. The van der Waals surface area contributed by atoms with E-state index in [1.165, 1.54) is 0 Å². The Morgan fingerprint density at radius 2 is 1.21 bits per heavy atom. The molecule has 0 spiro atoms. The summed E-state index contributed by atoms with van der Waals surface area (Å²) < 4.78 is 7.65. The molecule has 0 fully saturated rings. The molecule has 0 aliphatic carbocycles. The van der Waals surface area contributed by atoms with Crippen LogP contribution in [0.2, 0.25) is 0 Å². The predicted octanol–water partition coefficient (Wildman–Crippen LogP) is 6.90. The van der Waals surface area contributed by atoms with Gasteiger partial charge in [0.1, 0.15) is 11.5 Å². The fourth-order valence-electron chi connectivity index (χ4n) is 2.95. The number of hydrogen-bond acceptors (Lipinski definition) is 4. The van der Waals surface area contributed by atoms with Crippen molar-refractivity contribution in [3.63, 3.8) is 0 Å². The number of hydrogen-bond donors (Lipinski definition) is 2. The van der Waals surface area contributed by atoms with Gasteiger partial charge in [-0.3, -0.25) is 14.6 Å². The van der Waals surface area contributed by atoms with Gasteiger partial charge in [-0.15, -0.1) is 0 Å². The molecular formula is C25H17Br2N3O3. The van der Waals surface area contributed by atoms with E-state index in [4.69, 9.17) is 4.74 Å². The third kappa shape index (κ3) is 6.27. The molecule has 6 nitrogen and oxygen atoms in total.